The normalized spacial score (nSPS) is 20.3. The molecule has 29 heavy (non-hydrogen) atoms. The lowest BCUT2D eigenvalue weighted by Gasteiger charge is -2.37. The number of ether oxygens (including phenoxy) is 2. The van der Waals surface area contributed by atoms with E-state index in [1.807, 2.05) is 55.5 Å². The van der Waals surface area contributed by atoms with Gasteiger partial charge in [0, 0.05) is 17.3 Å². The van der Waals surface area contributed by atoms with Crippen molar-refractivity contribution in [1.82, 2.24) is 14.8 Å². The van der Waals surface area contributed by atoms with Gasteiger partial charge in [0.25, 0.3) is 0 Å². The van der Waals surface area contributed by atoms with E-state index in [4.69, 9.17) is 9.47 Å². The summed E-state index contributed by atoms with van der Waals surface area (Å²) >= 11 is 0. The molecule has 2 heterocycles. The maximum absolute atomic E-state index is 13.4. The molecule has 2 N–H and O–H groups in total. The fraction of sp³-hybridized carbons (Fsp3) is 0.286. The summed E-state index contributed by atoms with van der Waals surface area (Å²) in [6.45, 7) is 1.97. The van der Waals surface area contributed by atoms with Gasteiger partial charge in [-0.1, -0.05) is 18.2 Å². The number of carbonyl (C=O) groups is 1. The van der Waals surface area contributed by atoms with Crippen molar-refractivity contribution in [3.63, 3.8) is 0 Å². The minimum Gasteiger partial charge on any atom is -0.497 e. The minimum atomic E-state index is -0.467. The van der Waals surface area contributed by atoms with Gasteiger partial charge < -0.3 is 20.1 Å². The predicted molar refractivity (Wildman–Crippen MR) is 109 cm³/mol. The number of hydrogen-bond donors (Lipinski definition) is 2. The minimum absolute atomic E-state index is 0.118. The molecule has 0 bridgehead atoms. The number of fused-ring (bicyclic) bond motifs is 1. The number of rotatable bonds is 5. The smallest absolute Gasteiger partial charge is 0.232 e. The molecule has 1 aliphatic heterocycles. The Kier molecular flexibility index (Phi) is 5.07. The summed E-state index contributed by atoms with van der Waals surface area (Å²) in [6.07, 6.45) is 1.48. The average Bonchev–Trinajstić information content (AvgIpc) is 3.20. The lowest BCUT2D eigenvalue weighted by Crippen LogP contribution is -2.46. The fourth-order valence-corrected chi connectivity index (χ4v) is 3.79. The molecule has 2 aromatic carbocycles. The summed E-state index contributed by atoms with van der Waals surface area (Å²) in [4.78, 5) is 17.7. The van der Waals surface area contributed by atoms with Crippen LogP contribution in [0.4, 0.5) is 11.6 Å². The van der Waals surface area contributed by atoms with Crippen molar-refractivity contribution >= 4 is 17.5 Å². The molecular formula is C21H23N5O3. The van der Waals surface area contributed by atoms with Crippen LogP contribution in [0.25, 0.3) is 0 Å². The first kappa shape index (κ1) is 18.8. The van der Waals surface area contributed by atoms with Crippen molar-refractivity contribution in [2.24, 2.45) is 5.92 Å². The lowest BCUT2D eigenvalue weighted by atomic mass is 9.85. The molecule has 8 heteroatoms. The van der Waals surface area contributed by atoms with Gasteiger partial charge in [-0.05, 0) is 37.3 Å². The highest BCUT2D eigenvalue weighted by Gasteiger charge is 2.42. The summed E-state index contributed by atoms with van der Waals surface area (Å²) < 4.78 is 12.7. The van der Waals surface area contributed by atoms with Crippen LogP contribution in [0, 0.1) is 5.92 Å². The number of nitrogens with zero attached hydrogens (tertiary/aromatic N) is 3. The number of benzene rings is 2. The highest BCUT2D eigenvalue weighted by atomic mass is 16.5. The molecule has 0 saturated heterocycles. The quantitative estimate of drug-likeness (QED) is 0.693. The van der Waals surface area contributed by atoms with E-state index >= 15 is 0 Å². The van der Waals surface area contributed by atoms with Gasteiger partial charge in [-0.15, -0.1) is 0 Å². The van der Waals surface area contributed by atoms with Crippen LogP contribution < -0.4 is 20.1 Å². The highest BCUT2D eigenvalue weighted by molar-refractivity contribution is 5.94. The Morgan fingerprint density at radius 1 is 1.14 bits per heavy atom. The van der Waals surface area contributed by atoms with Crippen LogP contribution in [0.3, 0.4) is 0 Å². The van der Waals surface area contributed by atoms with Crippen molar-refractivity contribution in [3.05, 3.63) is 60.4 Å². The largest absolute Gasteiger partial charge is 0.497 e. The van der Waals surface area contributed by atoms with Gasteiger partial charge in [0.05, 0.1) is 26.2 Å². The van der Waals surface area contributed by atoms with Crippen LogP contribution in [-0.4, -0.2) is 40.9 Å². The maximum Gasteiger partial charge on any atom is 0.232 e. The topological polar surface area (TPSA) is 90.3 Å². The molecule has 3 atom stereocenters. The monoisotopic (exact) mass is 393 g/mol. The average molecular weight is 393 g/mol. The third-order valence-corrected chi connectivity index (χ3v) is 5.17. The Morgan fingerprint density at radius 3 is 2.66 bits per heavy atom. The van der Waals surface area contributed by atoms with Crippen LogP contribution in [0.2, 0.25) is 0 Å². The number of para-hydroxylation sites is 1. The van der Waals surface area contributed by atoms with Crippen LogP contribution in [-0.2, 0) is 4.79 Å². The molecule has 0 radical (unpaired) electrons. The zero-order valence-electron chi connectivity index (χ0n) is 16.5. The first-order valence-corrected chi connectivity index (χ1v) is 9.36. The Bertz CT molecular complexity index is 1000. The number of amides is 1. The maximum atomic E-state index is 13.4. The number of aromatic nitrogens is 3. The van der Waals surface area contributed by atoms with Gasteiger partial charge in [-0.2, -0.15) is 10.1 Å². The van der Waals surface area contributed by atoms with Crippen molar-refractivity contribution in [2.75, 3.05) is 24.9 Å². The Labute approximate surface area is 168 Å². The zero-order valence-corrected chi connectivity index (χ0v) is 16.5. The first-order chi connectivity index (χ1) is 14.1. The Morgan fingerprint density at radius 2 is 1.93 bits per heavy atom. The van der Waals surface area contributed by atoms with E-state index < -0.39 is 12.0 Å². The molecule has 0 saturated carbocycles. The van der Waals surface area contributed by atoms with Crippen LogP contribution >= 0.6 is 0 Å². The summed E-state index contributed by atoms with van der Waals surface area (Å²) in [6, 6.07) is 14.3. The summed E-state index contributed by atoms with van der Waals surface area (Å²) in [5.41, 5.74) is 1.55. The van der Waals surface area contributed by atoms with Gasteiger partial charge in [0.15, 0.2) is 0 Å². The number of hydrogen-bond acceptors (Lipinski definition) is 6. The number of methoxy groups -OCH3 is 2. The number of carbonyl (C=O) groups excluding carboxylic acids is 1. The highest BCUT2D eigenvalue weighted by Crippen LogP contribution is 2.41. The number of nitrogens with one attached hydrogen (secondary N) is 2. The molecule has 1 aromatic heterocycles. The molecule has 8 nitrogen and oxygen atoms in total. The van der Waals surface area contributed by atoms with Crippen LogP contribution in [0.15, 0.2) is 54.9 Å². The van der Waals surface area contributed by atoms with Crippen molar-refractivity contribution in [2.45, 2.75) is 19.0 Å². The zero-order chi connectivity index (χ0) is 20.4. The van der Waals surface area contributed by atoms with Gasteiger partial charge in [0.2, 0.25) is 11.9 Å². The molecule has 150 valence electrons. The van der Waals surface area contributed by atoms with Crippen molar-refractivity contribution < 1.29 is 14.3 Å². The molecule has 4 rings (SSSR count). The lowest BCUT2D eigenvalue weighted by molar-refractivity contribution is -0.121. The molecular weight excluding hydrogens is 370 g/mol. The van der Waals surface area contributed by atoms with E-state index in [9.17, 15) is 4.79 Å². The third kappa shape index (κ3) is 3.49. The van der Waals surface area contributed by atoms with Crippen molar-refractivity contribution in [3.8, 4) is 11.5 Å². The Balaban J connectivity index is 1.80. The molecule has 0 fully saturated rings. The Hall–Kier alpha value is -3.55. The third-order valence-electron chi connectivity index (χ3n) is 5.17. The van der Waals surface area contributed by atoms with Gasteiger partial charge in [-0.3, -0.25) is 4.79 Å². The number of anilines is 2. The summed E-state index contributed by atoms with van der Waals surface area (Å²) in [7, 11) is 3.22. The van der Waals surface area contributed by atoms with Gasteiger partial charge in [-0.25, -0.2) is 4.68 Å². The van der Waals surface area contributed by atoms with Crippen LogP contribution in [0.1, 0.15) is 18.5 Å². The standard InChI is InChI=1S/C21H23N5O3/c1-13-18(20(27)25-14-7-5-4-6-8-14)19(26-21(24-13)22-12-23-26)16-11-15(28-2)9-10-17(16)29-3/h4-13,18-19H,1-3H3,(H,25,27)(H,22,23,24)/t13-,18+,19-/m1/s1. The molecule has 1 aliphatic rings. The van der Waals surface area contributed by atoms with E-state index in [1.54, 1.807) is 18.9 Å². The molecule has 0 aliphatic carbocycles. The van der Waals surface area contributed by atoms with E-state index in [-0.39, 0.29) is 11.9 Å². The first-order valence-electron chi connectivity index (χ1n) is 9.36. The molecule has 1 amide bonds. The molecule has 3 aromatic rings. The molecule has 0 unspecified atom stereocenters. The van der Waals surface area contributed by atoms with Gasteiger partial charge in [0.1, 0.15) is 17.8 Å². The van der Waals surface area contributed by atoms with E-state index in [2.05, 4.69) is 20.7 Å². The SMILES string of the molecule is COc1ccc(OC)c([C@@H]2[C@@H](C(=O)Nc3ccccc3)[C@@H](C)Nc3ncnn32)c1. The fourth-order valence-electron chi connectivity index (χ4n) is 3.79. The van der Waals surface area contributed by atoms with E-state index in [0.717, 1.165) is 11.3 Å². The predicted octanol–water partition coefficient (Wildman–Crippen LogP) is 2.95. The van der Waals surface area contributed by atoms with E-state index in [0.29, 0.717) is 17.4 Å². The van der Waals surface area contributed by atoms with Crippen LogP contribution in [0.5, 0.6) is 11.5 Å². The second kappa shape index (κ2) is 7.83. The van der Waals surface area contributed by atoms with Gasteiger partial charge >= 0.3 is 0 Å². The molecule has 0 spiro atoms. The van der Waals surface area contributed by atoms with E-state index in [1.165, 1.54) is 6.33 Å². The summed E-state index contributed by atoms with van der Waals surface area (Å²) in [5.74, 6) is 1.36. The second-order valence-electron chi connectivity index (χ2n) is 6.90. The van der Waals surface area contributed by atoms with Crippen molar-refractivity contribution in [1.29, 1.82) is 0 Å². The summed E-state index contributed by atoms with van der Waals surface area (Å²) in [5, 5.41) is 10.7. The second-order valence-corrected chi connectivity index (χ2v) is 6.90.